The Morgan fingerprint density at radius 2 is 1.84 bits per heavy atom. The second-order valence-corrected chi connectivity index (χ2v) is 5.11. The smallest absolute Gasteiger partial charge is 0.299 e. The van der Waals surface area contributed by atoms with Crippen LogP contribution in [0.4, 0.5) is 14.5 Å². The summed E-state index contributed by atoms with van der Waals surface area (Å²) in [6, 6.07) is 1.66. The molecule has 102 valence electrons. The first kappa shape index (κ1) is 14.1. The maximum Gasteiger partial charge on any atom is 0.299 e. The number of carbonyl (C=O) groups is 2. The minimum atomic E-state index is -0.976. The van der Waals surface area contributed by atoms with Crippen molar-refractivity contribution in [3.8, 4) is 0 Å². The monoisotopic (exact) mass is 331 g/mol. The Balaban J connectivity index is 2.23. The average Bonchev–Trinajstić information content (AvgIpc) is 2.59. The van der Waals surface area contributed by atoms with Gasteiger partial charge < -0.3 is 4.90 Å². The molecule has 0 N–H and O–H groups in total. The van der Waals surface area contributed by atoms with Gasteiger partial charge >= 0.3 is 0 Å². The highest BCUT2D eigenvalue weighted by atomic mass is 79.9. The van der Waals surface area contributed by atoms with Gasteiger partial charge in [-0.05, 0) is 18.9 Å². The number of anilines is 1. The number of fused-ring (bicyclic) bond motifs is 1. The second-order valence-electron chi connectivity index (χ2n) is 4.32. The number of rotatable bonds is 5. The molecule has 1 aromatic rings. The minimum absolute atomic E-state index is 0.0475. The van der Waals surface area contributed by atoms with Gasteiger partial charge in [-0.2, -0.15) is 0 Å². The van der Waals surface area contributed by atoms with E-state index in [2.05, 4.69) is 15.9 Å². The lowest BCUT2D eigenvalue weighted by Gasteiger charge is -2.16. The highest BCUT2D eigenvalue weighted by Gasteiger charge is 2.38. The molecule has 0 radical (unpaired) electrons. The van der Waals surface area contributed by atoms with E-state index in [9.17, 15) is 18.4 Å². The average molecular weight is 332 g/mol. The van der Waals surface area contributed by atoms with E-state index in [1.807, 2.05) is 0 Å². The third kappa shape index (κ3) is 2.68. The molecule has 2 rings (SSSR count). The fourth-order valence-electron chi connectivity index (χ4n) is 2.10. The van der Waals surface area contributed by atoms with E-state index in [1.54, 1.807) is 0 Å². The van der Waals surface area contributed by atoms with Gasteiger partial charge in [0, 0.05) is 17.9 Å². The van der Waals surface area contributed by atoms with Crippen LogP contribution in [-0.2, 0) is 4.79 Å². The molecule has 0 atom stereocenters. The van der Waals surface area contributed by atoms with Crippen LogP contribution in [0, 0.1) is 11.6 Å². The quantitative estimate of drug-likeness (QED) is 0.472. The van der Waals surface area contributed by atoms with Crippen LogP contribution in [0.2, 0.25) is 0 Å². The Morgan fingerprint density at radius 3 is 2.53 bits per heavy atom. The van der Waals surface area contributed by atoms with Gasteiger partial charge in [0.05, 0.1) is 11.3 Å². The Labute approximate surface area is 117 Å². The molecule has 3 nitrogen and oxygen atoms in total. The number of halogens is 3. The number of benzene rings is 1. The van der Waals surface area contributed by atoms with Gasteiger partial charge in [0.2, 0.25) is 0 Å². The Bertz CT molecular complexity index is 534. The molecule has 1 aromatic carbocycles. The summed E-state index contributed by atoms with van der Waals surface area (Å²) >= 11 is 3.30. The minimum Gasteiger partial charge on any atom is -0.305 e. The van der Waals surface area contributed by atoms with E-state index in [-0.39, 0.29) is 11.3 Å². The Hall–Kier alpha value is -1.30. The molecule has 1 aliphatic rings. The highest BCUT2D eigenvalue weighted by Crippen LogP contribution is 2.32. The summed E-state index contributed by atoms with van der Waals surface area (Å²) in [5.41, 5.74) is -0.266. The predicted octanol–water partition coefficient (Wildman–Crippen LogP) is 3.06. The van der Waals surface area contributed by atoms with Crippen molar-refractivity contribution in [1.82, 2.24) is 0 Å². The molecule has 0 spiro atoms. The first-order chi connectivity index (χ1) is 9.06. The Morgan fingerprint density at radius 1 is 1.11 bits per heavy atom. The summed E-state index contributed by atoms with van der Waals surface area (Å²) in [6.07, 6.45) is 2.50. The molecule has 1 amide bonds. The van der Waals surface area contributed by atoms with E-state index in [4.69, 9.17) is 0 Å². The van der Waals surface area contributed by atoms with Gasteiger partial charge in [-0.1, -0.05) is 22.4 Å². The van der Waals surface area contributed by atoms with E-state index in [1.165, 1.54) is 0 Å². The standard InChI is InChI=1S/C13H12BrF2NO2/c14-4-2-1-3-5-17-10-7-8(15)6-9(16)11(10)12(18)13(17)19/h6-7H,1-5H2. The SMILES string of the molecule is O=C1C(=O)N(CCCCCBr)c2cc(F)cc(F)c21. The zero-order chi connectivity index (χ0) is 14.0. The van der Waals surface area contributed by atoms with Crippen molar-refractivity contribution < 1.29 is 18.4 Å². The van der Waals surface area contributed by atoms with Crippen molar-refractivity contribution in [2.75, 3.05) is 16.8 Å². The second kappa shape index (κ2) is 5.77. The molecular weight excluding hydrogens is 320 g/mol. The Kier molecular flexibility index (Phi) is 4.29. The van der Waals surface area contributed by atoms with Crippen LogP contribution >= 0.6 is 15.9 Å². The molecule has 0 unspecified atom stereocenters. The summed E-state index contributed by atoms with van der Waals surface area (Å²) in [6.45, 7) is 0.299. The van der Waals surface area contributed by atoms with Gasteiger partial charge in [-0.25, -0.2) is 8.78 Å². The molecule has 1 heterocycles. The number of hydrogen-bond acceptors (Lipinski definition) is 2. The van der Waals surface area contributed by atoms with E-state index < -0.39 is 23.3 Å². The van der Waals surface area contributed by atoms with Gasteiger partial charge in [-0.15, -0.1) is 0 Å². The number of ketones is 1. The van der Waals surface area contributed by atoms with Crippen LogP contribution in [0.3, 0.4) is 0 Å². The summed E-state index contributed by atoms with van der Waals surface area (Å²) in [5, 5.41) is 0.861. The number of nitrogens with zero attached hydrogens (tertiary/aromatic N) is 1. The molecule has 6 heteroatoms. The molecule has 0 aromatic heterocycles. The molecule has 19 heavy (non-hydrogen) atoms. The van der Waals surface area contributed by atoms with Crippen LogP contribution in [0.25, 0.3) is 0 Å². The van der Waals surface area contributed by atoms with Crippen LogP contribution in [-0.4, -0.2) is 23.6 Å². The first-order valence-corrected chi connectivity index (χ1v) is 7.09. The third-order valence-electron chi connectivity index (χ3n) is 3.01. The van der Waals surface area contributed by atoms with Gasteiger partial charge in [0.1, 0.15) is 11.6 Å². The number of Topliss-reactive ketones (excluding diaryl/α,β-unsaturated/α-hetero) is 1. The maximum absolute atomic E-state index is 13.5. The van der Waals surface area contributed by atoms with Gasteiger partial charge in [0.15, 0.2) is 0 Å². The van der Waals surface area contributed by atoms with E-state index in [0.29, 0.717) is 19.0 Å². The number of unbranched alkanes of at least 4 members (excludes halogenated alkanes) is 2. The maximum atomic E-state index is 13.5. The first-order valence-electron chi connectivity index (χ1n) is 5.97. The van der Waals surface area contributed by atoms with Crippen LogP contribution in [0.15, 0.2) is 12.1 Å². The van der Waals surface area contributed by atoms with Crippen molar-refractivity contribution in [1.29, 1.82) is 0 Å². The van der Waals surface area contributed by atoms with E-state index in [0.717, 1.165) is 29.1 Å². The topological polar surface area (TPSA) is 37.4 Å². The van der Waals surface area contributed by atoms with Crippen molar-refractivity contribution >= 4 is 33.3 Å². The van der Waals surface area contributed by atoms with Crippen LogP contribution in [0.1, 0.15) is 29.6 Å². The van der Waals surface area contributed by atoms with Crippen molar-refractivity contribution in [2.24, 2.45) is 0 Å². The molecule has 0 saturated heterocycles. The summed E-state index contributed by atoms with van der Waals surface area (Å²) in [7, 11) is 0. The van der Waals surface area contributed by atoms with Crippen molar-refractivity contribution in [2.45, 2.75) is 19.3 Å². The third-order valence-corrected chi connectivity index (χ3v) is 3.57. The fourth-order valence-corrected chi connectivity index (χ4v) is 2.50. The largest absolute Gasteiger partial charge is 0.305 e. The molecule has 0 fully saturated rings. The zero-order valence-corrected chi connectivity index (χ0v) is 11.7. The predicted molar refractivity (Wildman–Crippen MR) is 70.7 cm³/mol. The number of hydrogen-bond donors (Lipinski definition) is 0. The zero-order valence-electron chi connectivity index (χ0n) is 10.1. The van der Waals surface area contributed by atoms with Crippen LogP contribution < -0.4 is 4.90 Å². The molecule has 0 bridgehead atoms. The normalized spacial score (nSPS) is 14.2. The lowest BCUT2D eigenvalue weighted by Crippen LogP contribution is -2.30. The van der Waals surface area contributed by atoms with Gasteiger partial charge in [0.25, 0.3) is 11.7 Å². The lowest BCUT2D eigenvalue weighted by atomic mass is 10.1. The number of amides is 1. The molecule has 1 aliphatic heterocycles. The van der Waals surface area contributed by atoms with Gasteiger partial charge in [-0.3, -0.25) is 9.59 Å². The lowest BCUT2D eigenvalue weighted by molar-refractivity contribution is -0.114. The van der Waals surface area contributed by atoms with Crippen molar-refractivity contribution in [3.05, 3.63) is 29.3 Å². The molecule has 0 aliphatic carbocycles. The summed E-state index contributed by atoms with van der Waals surface area (Å²) in [5.74, 6) is -3.44. The molecule has 0 saturated carbocycles. The van der Waals surface area contributed by atoms with E-state index >= 15 is 0 Å². The highest BCUT2D eigenvalue weighted by molar-refractivity contribution is 9.09. The summed E-state index contributed by atoms with van der Waals surface area (Å²) in [4.78, 5) is 24.6. The van der Waals surface area contributed by atoms with Crippen molar-refractivity contribution in [3.63, 3.8) is 0 Å². The summed E-state index contributed by atoms with van der Waals surface area (Å²) < 4.78 is 26.7. The van der Waals surface area contributed by atoms with Crippen LogP contribution in [0.5, 0.6) is 0 Å². The fraction of sp³-hybridized carbons (Fsp3) is 0.385. The number of alkyl halides is 1. The molecular formula is C13H12BrF2NO2. The number of carbonyl (C=O) groups excluding carboxylic acids is 2.